The van der Waals surface area contributed by atoms with Crippen LogP contribution in [0.25, 0.3) is 0 Å². The Morgan fingerprint density at radius 1 is 1.00 bits per heavy atom. The molecule has 0 spiro atoms. The summed E-state index contributed by atoms with van der Waals surface area (Å²) in [5.41, 5.74) is 1.19. The third kappa shape index (κ3) is 7.09. The maximum absolute atomic E-state index is 5.66. The molecule has 1 aromatic rings. The largest absolute Gasteiger partial charge is 0.494 e. The van der Waals surface area contributed by atoms with E-state index in [0.29, 0.717) is 6.04 Å². The minimum atomic E-state index is 0.540. The molecule has 0 aliphatic heterocycles. The second-order valence-corrected chi connectivity index (χ2v) is 5.27. The number of benzene rings is 1. The maximum atomic E-state index is 5.66. The molecule has 108 valence electrons. The van der Waals surface area contributed by atoms with E-state index >= 15 is 0 Å². The van der Waals surface area contributed by atoms with Crippen molar-refractivity contribution in [3.8, 4) is 5.75 Å². The molecular formula is C17H29NO. The van der Waals surface area contributed by atoms with E-state index in [4.69, 9.17) is 4.74 Å². The lowest BCUT2D eigenvalue weighted by Gasteiger charge is -2.15. The van der Waals surface area contributed by atoms with E-state index in [0.717, 1.165) is 18.8 Å². The van der Waals surface area contributed by atoms with Crippen molar-refractivity contribution in [3.63, 3.8) is 0 Å². The summed E-state index contributed by atoms with van der Waals surface area (Å²) >= 11 is 0. The van der Waals surface area contributed by atoms with Gasteiger partial charge in [0.1, 0.15) is 5.75 Å². The summed E-state index contributed by atoms with van der Waals surface area (Å²) < 4.78 is 5.66. The van der Waals surface area contributed by atoms with Gasteiger partial charge in [-0.3, -0.25) is 0 Å². The second kappa shape index (κ2) is 9.71. The van der Waals surface area contributed by atoms with Gasteiger partial charge in [0.15, 0.2) is 0 Å². The molecule has 1 aromatic carbocycles. The highest BCUT2D eigenvalue weighted by Gasteiger charge is 2.02. The number of rotatable bonds is 10. The van der Waals surface area contributed by atoms with E-state index in [-0.39, 0.29) is 0 Å². The fraction of sp³-hybridized carbons (Fsp3) is 0.647. The van der Waals surface area contributed by atoms with Gasteiger partial charge >= 0.3 is 0 Å². The van der Waals surface area contributed by atoms with Crippen LogP contribution in [-0.2, 0) is 0 Å². The van der Waals surface area contributed by atoms with Gasteiger partial charge in [-0.1, -0.05) is 39.5 Å². The van der Waals surface area contributed by atoms with E-state index in [2.05, 4.69) is 50.4 Å². The molecule has 1 unspecified atom stereocenters. The third-order valence-electron chi connectivity index (χ3n) is 3.27. The van der Waals surface area contributed by atoms with Crippen molar-refractivity contribution in [1.82, 2.24) is 0 Å². The van der Waals surface area contributed by atoms with Gasteiger partial charge in [-0.15, -0.1) is 0 Å². The first-order chi connectivity index (χ1) is 9.26. The van der Waals surface area contributed by atoms with Gasteiger partial charge < -0.3 is 10.1 Å². The average Bonchev–Trinajstić information content (AvgIpc) is 2.41. The first-order valence-corrected chi connectivity index (χ1v) is 7.75. The number of unbranched alkanes of at least 4 members (excludes halogenated alkanes) is 3. The Kier molecular flexibility index (Phi) is 8.11. The first kappa shape index (κ1) is 15.9. The van der Waals surface area contributed by atoms with Crippen molar-refractivity contribution in [2.45, 2.75) is 65.3 Å². The van der Waals surface area contributed by atoms with Crippen molar-refractivity contribution in [2.75, 3.05) is 11.9 Å². The quantitative estimate of drug-likeness (QED) is 0.582. The van der Waals surface area contributed by atoms with Crippen LogP contribution in [0.15, 0.2) is 24.3 Å². The van der Waals surface area contributed by atoms with Crippen LogP contribution in [0.1, 0.15) is 59.3 Å². The smallest absolute Gasteiger partial charge is 0.119 e. The molecule has 0 bridgehead atoms. The Balaban J connectivity index is 2.30. The topological polar surface area (TPSA) is 21.3 Å². The lowest BCUT2D eigenvalue weighted by molar-refractivity contribution is 0.309. The predicted molar refractivity (Wildman–Crippen MR) is 84.1 cm³/mol. The van der Waals surface area contributed by atoms with Gasteiger partial charge in [0.25, 0.3) is 0 Å². The fourth-order valence-corrected chi connectivity index (χ4v) is 2.04. The zero-order chi connectivity index (χ0) is 13.9. The van der Waals surface area contributed by atoms with Crippen LogP contribution in [-0.4, -0.2) is 12.6 Å². The summed E-state index contributed by atoms with van der Waals surface area (Å²) in [6, 6.07) is 8.86. The van der Waals surface area contributed by atoms with E-state index in [1.807, 2.05) is 0 Å². The molecule has 0 heterocycles. The van der Waals surface area contributed by atoms with Gasteiger partial charge in [0.2, 0.25) is 0 Å². The summed E-state index contributed by atoms with van der Waals surface area (Å²) in [6.07, 6.45) is 7.46. The minimum absolute atomic E-state index is 0.540. The Labute approximate surface area is 118 Å². The van der Waals surface area contributed by atoms with Crippen LogP contribution >= 0.6 is 0 Å². The lowest BCUT2D eigenvalue weighted by atomic mass is 10.1. The summed E-state index contributed by atoms with van der Waals surface area (Å²) in [4.78, 5) is 0. The van der Waals surface area contributed by atoms with Crippen molar-refractivity contribution in [3.05, 3.63) is 24.3 Å². The molecule has 1 rings (SSSR count). The van der Waals surface area contributed by atoms with Crippen molar-refractivity contribution in [2.24, 2.45) is 0 Å². The molecule has 0 fully saturated rings. The summed E-state index contributed by atoms with van der Waals surface area (Å²) in [6.45, 7) is 7.49. The number of ether oxygens (including phenoxy) is 1. The molecule has 0 aromatic heterocycles. The van der Waals surface area contributed by atoms with Gasteiger partial charge in [-0.05, 0) is 44.0 Å². The predicted octanol–water partition coefficient (Wildman–Crippen LogP) is 5.25. The van der Waals surface area contributed by atoms with Crippen molar-refractivity contribution >= 4 is 5.69 Å². The summed E-state index contributed by atoms with van der Waals surface area (Å²) in [5, 5.41) is 3.54. The number of anilines is 1. The van der Waals surface area contributed by atoms with E-state index in [1.165, 1.54) is 37.8 Å². The molecule has 0 amide bonds. The van der Waals surface area contributed by atoms with E-state index < -0.39 is 0 Å². The van der Waals surface area contributed by atoms with Crippen LogP contribution in [0, 0.1) is 0 Å². The van der Waals surface area contributed by atoms with Crippen LogP contribution < -0.4 is 10.1 Å². The Bertz CT molecular complexity index is 321. The lowest BCUT2D eigenvalue weighted by Crippen LogP contribution is -2.14. The monoisotopic (exact) mass is 263 g/mol. The number of nitrogens with one attached hydrogen (secondary N) is 1. The SMILES string of the molecule is CCCCCC(C)Nc1ccc(OCCCC)cc1. The molecule has 0 aliphatic rings. The molecule has 19 heavy (non-hydrogen) atoms. The average molecular weight is 263 g/mol. The minimum Gasteiger partial charge on any atom is -0.494 e. The molecule has 2 nitrogen and oxygen atoms in total. The van der Waals surface area contributed by atoms with Crippen LogP contribution in [0.2, 0.25) is 0 Å². The van der Waals surface area contributed by atoms with Crippen molar-refractivity contribution in [1.29, 1.82) is 0 Å². The summed E-state index contributed by atoms with van der Waals surface area (Å²) in [5.74, 6) is 0.970. The molecule has 0 saturated carbocycles. The fourth-order valence-electron chi connectivity index (χ4n) is 2.04. The molecule has 0 aliphatic carbocycles. The Morgan fingerprint density at radius 3 is 2.32 bits per heavy atom. The maximum Gasteiger partial charge on any atom is 0.119 e. The molecule has 0 radical (unpaired) electrons. The van der Waals surface area contributed by atoms with Crippen LogP contribution in [0.5, 0.6) is 5.75 Å². The molecule has 0 saturated heterocycles. The summed E-state index contributed by atoms with van der Waals surface area (Å²) in [7, 11) is 0. The van der Waals surface area contributed by atoms with Gasteiger partial charge in [0, 0.05) is 11.7 Å². The van der Waals surface area contributed by atoms with Crippen LogP contribution in [0.4, 0.5) is 5.69 Å². The van der Waals surface area contributed by atoms with Gasteiger partial charge in [0.05, 0.1) is 6.61 Å². The first-order valence-electron chi connectivity index (χ1n) is 7.75. The number of hydrogen-bond acceptors (Lipinski definition) is 2. The highest BCUT2D eigenvalue weighted by atomic mass is 16.5. The van der Waals surface area contributed by atoms with Crippen molar-refractivity contribution < 1.29 is 4.74 Å². The van der Waals surface area contributed by atoms with Crippen LogP contribution in [0.3, 0.4) is 0 Å². The van der Waals surface area contributed by atoms with E-state index in [9.17, 15) is 0 Å². The van der Waals surface area contributed by atoms with E-state index in [1.54, 1.807) is 0 Å². The molecule has 1 N–H and O–H groups in total. The van der Waals surface area contributed by atoms with Gasteiger partial charge in [-0.25, -0.2) is 0 Å². The molecule has 1 atom stereocenters. The number of hydrogen-bond donors (Lipinski definition) is 1. The Morgan fingerprint density at radius 2 is 1.68 bits per heavy atom. The highest BCUT2D eigenvalue weighted by Crippen LogP contribution is 2.17. The normalized spacial score (nSPS) is 12.2. The van der Waals surface area contributed by atoms with Gasteiger partial charge in [-0.2, -0.15) is 0 Å². The standard InChI is InChI=1S/C17H29NO/c1-4-6-8-9-15(3)18-16-10-12-17(13-11-16)19-14-7-5-2/h10-13,15,18H,4-9,14H2,1-3H3. The Hall–Kier alpha value is -1.18. The molecular weight excluding hydrogens is 234 g/mol. The highest BCUT2D eigenvalue weighted by molar-refractivity contribution is 5.46. The third-order valence-corrected chi connectivity index (χ3v) is 3.27. The second-order valence-electron chi connectivity index (χ2n) is 5.27. The zero-order valence-corrected chi connectivity index (χ0v) is 12.7. The molecule has 2 heteroatoms. The zero-order valence-electron chi connectivity index (χ0n) is 12.7.